The first-order chi connectivity index (χ1) is 10.2. The Balaban J connectivity index is 1.47. The van der Waals surface area contributed by atoms with Crippen LogP contribution in [-0.4, -0.2) is 40.2 Å². The summed E-state index contributed by atoms with van der Waals surface area (Å²) < 4.78 is 5.48. The second-order valence-corrected chi connectivity index (χ2v) is 5.96. The van der Waals surface area contributed by atoms with Crippen LogP contribution in [0.15, 0.2) is 12.4 Å². The smallest absolute Gasteiger partial charge is 0.271 e. The van der Waals surface area contributed by atoms with Crippen molar-refractivity contribution in [1.82, 2.24) is 15.3 Å². The van der Waals surface area contributed by atoms with Gasteiger partial charge in [-0.25, -0.2) is 9.97 Å². The van der Waals surface area contributed by atoms with E-state index in [0.717, 1.165) is 19.3 Å². The Bertz CT molecular complexity index is 487. The van der Waals surface area contributed by atoms with E-state index in [1.54, 1.807) is 0 Å². The quantitative estimate of drug-likeness (QED) is 0.821. The van der Waals surface area contributed by atoms with E-state index < -0.39 is 0 Å². The minimum absolute atomic E-state index is 0.156. The number of nitrogens with one attached hydrogen (secondary N) is 1. The average Bonchev–Trinajstić information content (AvgIpc) is 3.25. The first-order valence-electron chi connectivity index (χ1n) is 7.63. The number of hydrogen-bond donors (Lipinski definition) is 2. The zero-order valence-corrected chi connectivity index (χ0v) is 12.0. The minimum atomic E-state index is -0.297. The van der Waals surface area contributed by atoms with Gasteiger partial charge in [0.2, 0.25) is 5.88 Å². The number of aromatic nitrogens is 2. The van der Waals surface area contributed by atoms with Crippen molar-refractivity contribution in [3.8, 4) is 5.88 Å². The van der Waals surface area contributed by atoms with Gasteiger partial charge in [-0.1, -0.05) is 6.42 Å². The van der Waals surface area contributed by atoms with Gasteiger partial charge in [0.1, 0.15) is 5.69 Å². The molecule has 114 valence electrons. The molecule has 2 fully saturated rings. The van der Waals surface area contributed by atoms with Crippen LogP contribution in [-0.2, 0) is 0 Å². The number of aliphatic hydroxyl groups is 1. The van der Waals surface area contributed by atoms with Crippen LogP contribution in [0.2, 0.25) is 0 Å². The fraction of sp³-hybridized carbons (Fsp3) is 0.667. The number of carbonyl (C=O) groups is 1. The lowest BCUT2D eigenvalue weighted by Crippen LogP contribution is -2.32. The van der Waals surface area contributed by atoms with Gasteiger partial charge in [-0.05, 0) is 31.6 Å². The molecule has 0 unspecified atom stereocenters. The molecule has 2 atom stereocenters. The first kappa shape index (κ1) is 14.3. The van der Waals surface area contributed by atoms with Gasteiger partial charge in [-0.15, -0.1) is 0 Å². The molecule has 1 amide bonds. The van der Waals surface area contributed by atoms with Gasteiger partial charge in [0.25, 0.3) is 5.91 Å². The summed E-state index contributed by atoms with van der Waals surface area (Å²) in [5, 5.41) is 12.5. The largest absolute Gasteiger partial charge is 0.476 e. The number of nitrogens with zero attached hydrogens (tertiary/aromatic N) is 2. The molecule has 2 aliphatic rings. The summed E-state index contributed by atoms with van der Waals surface area (Å²) in [6.07, 6.45) is 7.88. The Morgan fingerprint density at radius 3 is 2.76 bits per heavy atom. The lowest BCUT2D eigenvalue weighted by Gasteiger charge is -2.14. The molecule has 2 N–H and O–H groups in total. The summed E-state index contributed by atoms with van der Waals surface area (Å²) in [5.41, 5.74) is 0.279. The fourth-order valence-electron chi connectivity index (χ4n) is 2.57. The van der Waals surface area contributed by atoms with Crippen molar-refractivity contribution in [2.45, 2.75) is 38.2 Å². The molecule has 0 bridgehead atoms. The van der Waals surface area contributed by atoms with E-state index in [1.807, 2.05) is 0 Å². The van der Waals surface area contributed by atoms with E-state index >= 15 is 0 Å². The Morgan fingerprint density at radius 2 is 2.14 bits per heavy atom. The van der Waals surface area contributed by atoms with Crippen molar-refractivity contribution in [2.75, 3.05) is 13.2 Å². The molecule has 3 rings (SSSR count). The van der Waals surface area contributed by atoms with E-state index in [0.29, 0.717) is 24.9 Å². The summed E-state index contributed by atoms with van der Waals surface area (Å²) in [6.45, 7) is 1.17. The Kier molecular flexibility index (Phi) is 4.34. The molecule has 0 spiro atoms. The van der Waals surface area contributed by atoms with Crippen LogP contribution in [0.1, 0.15) is 42.6 Å². The molecular formula is C15H21N3O3. The zero-order valence-electron chi connectivity index (χ0n) is 12.0. The molecule has 0 radical (unpaired) electrons. The molecule has 2 aliphatic carbocycles. The SMILES string of the molecule is O=C(NC[C@H]1CCC[C@@H]1O)c1cnc(OCC2CC2)cn1. The third kappa shape index (κ3) is 3.91. The molecule has 1 heterocycles. The highest BCUT2D eigenvalue weighted by molar-refractivity contribution is 5.91. The second-order valence-electron chi connectivity index (χ2n) is 5.96. The van der Waals surface area contributed by atoms with Crippen LogP contribution in [0.3, 0.4) is 0 Å². The molecule has 1 aromatic heterocycles. The highest BCUT2D eigenvalue weighted by atomic mass is 16.5. The summed E-state index contributed by atoms with van der Waals surface area (Å²) in [6, 6.07) is 0. The molecule has 21 heavy (non-hydrogen) atoms. The standard InChI is InChI=1S/C15H21N3O3/c19-13-3-1-2-11(13)6-18-15(20)12-7-17-14(8-16-12)21-9-10-4-5-10/h7-8,10-11,13,19H,1-6,9H2,(H,18,20)/t11-,13+/m1/s1. The maximum atomic E-state index is 12.0. The van der Waals surface area contributed by atoms with Crippen LogP contribution in [0, 0.1) is 11.8 Å². The summed E-state index contributed by atoms with van der Waals surface area (Å²) in [5.74, 6) is 1.02. The highest BCUT2D eigenvalue weighted by Gasteiger charge is 2.25. The highest BCUT2D eigenvalue weighted by Crippen LogP contribution is 2.29. The van der Waals surface area contributed by atoms with E-state index in [2.05, 4.69) is 15.3 Å². The van der Waals surface area contributed by atoms with Crippen molar-refractivity contribution in [2.24, 2.45) is 11.8 Å². The molecule has 0 saturated heterocycles. The third-order valence-electron chi connectivity index (χ3n) is 4.17. The van der Waals surface area contributed by atoms with Gasteiger partial charge in [-0.2, -0.15) is 0 Å². The monoisotopic (exact) mass is 291 g/mol. The Morgan fingerprint density at radius 1 is 1.29 bits per heavy atom. The maximum Gasteiger partial charge on any atom is 0.271 e. The zero-order chi connectivity index (χ0) is 14.7. The van der Waals surface area contributed by atoms with Crippen LogP contribution < -0.4 is 10.1 Å². The van der Waals surface area contributed by atoms with Gasteiger partial charge in [0, 0.05) is 12.5 Å². The van der Waals surface area contributed by atoms with E-state index in [-0.39, 0.29) is 23.6 Å². The van der Waals surface area contributed by atoms with Gasteiger partial charge < -0.3 is 15.2 Å². The molecule has 6 heteroatoms. The predicted octanol–water partition coefficient (Wildman–Crippen LogP) is 1.16. The van der Waals surface area contributed by atoms with Crippen LogP contribution in [0.4, 0.5) is 0 Å². The molecule has 0 aromatic carbocycles. The molecular weight excluding hydrogens is 270 g/mol. The molecule has 1 aromatic rings. The lowest BCUT2D eigenvalue weighted by molar-refractivity contribution is 0.0911. The number of rotatable bonds is 6. The van der Waals surface area contributed by atoms with Crippen molar-refractivity contribution in [3.05, 3.63) is 18.1 Å². The Labute approximate surface area is 123 Å². The summed E-state index contributed by atoms with van der Waals surface area (Å²) >= 11 is 0. The van der Waals surface area contributed by atoms with Gasteiger partial charge >= 0.3 is 0 Å². The number of aliphatic hydroxyl groups excluding tert-OH is 1. The fourth-order valence-corrected chi connectivity index (χ4v) is 2.57. The predicted molar refractivity (Wildman–Crippen MR) is 75.9 cm³/mol. The van der Waals surface area contributed by atoms with E-state index in [4.69, 9.17) is 4.74 Å². The molecule has 0 aliphatic heterocycles. The van der Waals surface area contributed by atoms with Crippen LogP contribution >= 0.6 is 0 Å². The van der Waals surface area contributed by atoms with E-state index in [1.165, 1.54) is 25.2 Å². The number of amides is 1. The van der Waals surface area contributed by atoms with Crippen molar-refractivity contribution < 1.29 is 14.6 Å². The maximum absolute atomic E-state index is 12.0. The van der Waals surface area contributed by atoms with Crippen molar-refractivity contribution >= 4 is 5.91 Å². The second kappa shape index (κ2) is 6.39. The third-order valence-corrected chi connectivity index (χ3v) is 4.17. The van der Waals surface area contributed by atoms with Crippen LogP contribution in [0.25, 0.3) is 0 Å². The molecule has 2 saturated carbocycles. The van der Waals surface area contributed by atoms with Crippen molar-refractivity contribution in [1.29, 1.82) is 0 Å². The number of carbonyl (C=O) groups excluding carboxylic acids is 1. The van der Waals surface area contributed by atoms with Crippen molar-refractivity contribution in [3.63, 3.8) is 0 Å². The van der Waals surface area contributed by atoms with Gasteiger partial charge in [0.15, 0.2) is 0 Å². The normalized spacial score (nSPS) is 24.8. The van der Waals surface area contributed by atoms with E-state index in [9.17, 15) is 9.90 Å². The number of hydrogen-bond acceptors (Lipinski definition) is 5. The van der Waals surface area contributed by atoms with Gasteiger partial charge in [0.05, 0.1) is 25.1 Å². The summed E-state index contributed by atoms with van der Waals surface area (Å²) in [4.78, 5) is 20.1. The topological polar surface area (TPSA) is 84.3 Å². The lowest BCUT2D eigenvalue weighted by atomic mass is 10.1. The minimum Gasteiger partial charge on any atom is -0.476 e. The first-order valence-corrected chi connectivity index (χ1v) is 7.63. The summed E-state index contributed by atoms with van der Waals surface area (Å²) in [7, 11) is 0. The average molecular weight is 291 g/mol. The molecule has 6 nitrogen and oxygen atoms in total. The number of ether oxygens (including phenoxy) is 1. The van der Waals surface area contributed by atoms with Crippen LogP contribution in [0.5, 0.6) is 5.88 Å². The van der Waals surface area contributed by atoms with Gasteiger partial charge in [-0.3, -0.25) is 4.79 Å². The Hall–Kier alpha value is -1.69.